The van der Waals surface area contributed by atoms with Crippen molar-refractivity contribution < 1.29 is 9.47 Å². The summed E-state index contributed by atoms with van der Waals surface area (Å²) in [6, 6.07) is 8.58. The number of ether oxygens (including phenoxy) is 2. The molecule has 0 saturated carbocycles. The predicted molar refractivity (Wildman–Crippen MR) is 114 cm³/mol. The van der Waals surface area contributed by atoms with E-state index in [2.05, 4.69) is 23.3 Å². The Bertz CT molecular complexity index is 531. The lowest BCUT2D eigenvalue weighted by atomic mass is 10.1. The van der Waals surface area contributed by atoms with Crippen LogP contribution in [0.25, 0.3) is 0 Å². The number of halogens is 1. The lowest BCUT2D eigenvalue weighted by Gasteiger charge is -2.25. The first kappa shape index (κ1) is 21.8. The van der Waals surface area contributed by atoms with Gasteiger partial charge in [-0.25, -0.2) is 0 Å². The fraction of sp³-hybridized carbons (Fsp3) is 0.526. The summed E-state index contributed by atoms with van der Waals surface area (Å²) in [5.41, 5.74) is 1.19. The number of para-hydroxylation sites is 1. The predicted octanol–water partition coefficient (Wildman–Crippen LogP) is 3.15. The molecule has 1 fully saturated rings. The molecule has 1 heterocycles. The molecule has 2 N–H and O–H groups in total. The van der Waals surface area contributed by atoms with Crippen molar-refractivity contribution in [2.24, 2.45) is 4.99 Å². The van der Waals surface area contributed by atoms with Gasteiger partial charge in [-0.1, -0.05) is 24.3 Å². The van der Waals surface area contributed by atoms with E-state index in [4.69, 9.17) is 14.5 Å². The van der Waals surface area contributed by atoms with Crippen LogP contribution in [0, 0.1) is 0 Å². The highest BCUT2D eigenvalue weighted by Gasteiger charge is 2.14. The van der Waals surface area contributed by atoms with Crippen LogP contribution in [0.4, 0.5) is 0 Å². The van der Waals surface area contributed by atoms with Crippen molar-refractivity contribution in [3.8, 4) is 5.75 Å². The van der Waals surface area contributed by atoms with E-state index >= 15 is 0 Å². The summed E-state index contributed by atoms with van der Waals surface area (Å²) >= 11 is 0. The van der Waals surface area contributed by atoms with Crippen molar-refractivity contribution >= 4 is 29.9 Å². The molecule has 5 nitrogen and oxygen atoms in total. The third kappa shape index (κ3) is 8.09. The zero-order valence-corrected chi connectivity index (χ0v) is 17.3. The Kier molecular flexibility index (Phi) is 11.3. The topological polar surface area (TPSA) is 54.9 Å². The molecule has 1 saturated heterocycles. The monoisotopic (exact) mass is 459 g/mol. The van der Waals surface area contributed by atoms with Gasteiger partial charge in [0.2, 0.25) is 0 Å². The summed E-state index contributed by atoms with van der Waals surface area (Å²) in [4.78, 5) is 4.70. The van der Waals surface area contributed by atoms with Crippen molar-refractivity contribution in [3.05, 3.63) is 42.5 Å². The largest absolute Gasteiger partial charge is 0.494 e. The Labute approximate surface area is 168 Å². The van der Waals surface area contributed by atoms with Crippen LogP contribution in [0.1, 0.15) is 25.3 Å². The number of hydrogen-bond donors (Lipinski definition) is 2. The van der Waals surface area contributed by atoms with Crippen LogP contribution >= 0.6 is 24.0 Å². The van der Waals surface area contributed by atoms with Crippen LogP contribution in [0.15, 0.2) is 41.9 Å². The minimum absolute atomic E-state index is 0. The van der Waals surface area contributed by atoms with Crippen molar-refractivity contribution in [3.63, 3.8) is 0 Å². The van der Waals surface area contributed by atoms with E-state index in [1.54, 1.807) is 0 Å². The molecule has 0 spiro atoms. The van der Waals surface area contributed by atoms with Gasteiger partial charge in [0.05, 0.1) is 6.61 Å². The van der Waals surface area contributed by atoms with E-state index in [0.717, 1.165) is 44.2 Å². The maximum absolute atomic E-state index is 5.67. The Morgan fingerprint density at radius 2 is 2.12 bits per heavy atom. The summed E-state index contributed by atoms with van der Waals surface area (Å²) in [7, 11) is 0. The first-order chi connectivity index (χ1) is 11.8. The SMILES string of the molecule is C=CCNC(=NCCc1ccccc1OCC)NC1CCOCC1.I. The van der Waals surface area contributed by atoms with Crippen molar-refractivity contribution in [1.29, 1.82) is 0 Å². The molecule has 1 aliphatic rings. The van der Waals surface area contributed by atoms with Gasteiger partial charge in [-0.15, -0.1) is 30.6 Å². The molecule has 0 atom stereocenters. The van der Waals surface area contributed by atoms with Crippen molar-refractivity contribution in [2.45, 2.75) is 32.2 Å². The van der Waals surface area contributed by atoms with Gasteiger partial charge in [0.1, 0.15) is 5.75 Å². The standard InChI is InChI=1S/C19H29N3O2.HI/c1-3-12-20-19(22-17-10-14-23-15-11-17)21-13-9-16-7-5-6-8-18(16)24-4-2;/h3,5-8,17H,1,4,9-15H2,2H3,(H2,20,21,22);1H. The zero-order chi connectivity index (χ0) is 17.0. The number of aliphatic imine (C=N–C) groups is 1. The molecule has 1 aromatic carbocycles. The van der Waals surface area contributed by atoms with E-state index in [1.807, 2.05) is 31.2 Å². The first-order valence-corrected chi connectivity index (χ1v) is 8.77. The maximum atomic E-state index is 5.67. The van der Waals surface area contributed by atoms with Crippen LogP contribution in [-0.2, 0) is 11.2 Å². The van der Waals surface area contributed by atoms with Crippen LogP contribution in [0.2, 0.25) is 0 Å². The highest BCUT2D eigenvalue weighted by Crippen LogP contribution is 2.18. The van der Waals surface area contributed by atoms with E-state index in [1.165, 1.54) is 5.56 Å². The van der Waals surface area contributed by atoms with Gasteiger partial charge in [0, 0.05) is 32.3 Å². The van der Waals surface area contributed by atoms with Gasteiger partial charge < -0.3 is 20.1 Å². The molecule has 2 rings (SSSR count). The summed E-state index contributed by atoms with van der Waals surface area (Å²) in [6.45, 7) is 9.47. The van der Waals surface area contributed by atoms with E-state index < -0.39 is 0 Å². The van der Waals surface area contributed by atoms with Gasteiger partial charge in [0.25, 0.3) is 0 Å². The summed E-state index contributed by atoms with van der Waals surface area (Å²) < 4.78 is 11.1. The van der Waals surface area contributed by atoms with E-state index in [0.29, 0.717) is 25.7 Å². The number of rotatable bonds is 8. The molecule has 0 aliphatic carbocycles. The number of nitrogens with one attached hydrogen (secondary N) is 2. The highest BCUT2D eigenvalue weighted by molar-refractivity contribution is 14.0. The summed E-state index contributed by atoms with van der Waals surface area (Å²) in [5, 5.41) is 6.79. The number of guanidine groups is 1. The average Bonchev–Trinajstić information content (AvgIpc) is 2.62. The molecule has 1 aromatic rings. The molecule has 1 aliphatic heterocycles. The summed E-state index contributed by atoms with van der Waals surface area (Å²) in [5.74, 6) is 1.80. The smallest absolute Gasteiger partial charge is 0.191 e. The van der Waals surface area contributed by atoms with Gasteiger partial charge >= 0.3 is 0 Å². The fourth-order valence-electron chi connectivity index (χ4n) is 2.65. The van der Waals surface area contributed by atoms with Gasteiger partial charge in [-0.2, -0.15) is 0 Å². The van der Waals surface area contributed by atoms with Crippen LogP contribution in [0.3, 0.4) is 0 Å². The second kappa shape index (κ2) is 13.0. The van der Waals surface area contributed by atoms with E-state index in [-0.39, 0.29) is 24.0 Å². The lowest BCUT2D eigenvalue weighted by molar-refractivity contribution is 0.0822. The lowest BCUT2D eigenvalue weighted by Crippen LogP contribution is -2.45. The van der Waals surface area contributed by atoms with E-state index in [9.17, 15) is 0 Å². The highest BCUT2D eigenvalue weighted by atomic mass is 127. The van der Waals surface area contributed by atoms with Crippen LogP contribution < -0.4 is 15.4 Å². The molecular formula is C19H30IN3O2. The molecule has 0 aromatic heterocycles. The fourth-order valence-corrected chi connectivity index (χ4v) is 2.65. The second-order valence-corrected chi connectivity index (χ2v) is 5.72. The Balaban J connectivity index is 0.00000312. The average molecular weight is 459 g/mol. The second-order valence-electron chi connectivity index (χ2n) is 5.72. The third-order valence-electron chi connectivity index (χ3n) is 3.90. The molecule has 6 heteroatoms. The minimum atomic E-state index is 0. The van der Waals surface area contributed by atoms with Gasteiger partial charge in [-0.05, 0) is 37.8 Å². The molecule has 140 valence electrons. The Hall–Kier alpha value is -1.28. The third-order valence-corrected chi connectivity index (χ3v) is 3.90. The van der Waals surface area contributed by atoms with Gasteiger partial charge in [0.15, 0.2) is 5.96 Å². The zero-order valence-electron chi connectivity index (χ0n) is 15.0. The minimum Gasteiger partial charge on any atom is -0.494 e. The first-order valence-electron chi connectivity index (χ1n) is 8.77. The number of benzene rings is 1. The van der Waals surface area contributed by atoms with Crippen LogP contribution in [0.5, 0.6) is 5.75 Å². The van der Waals surface area contributed by atoms with Crippen molar-refractivity contribution in [2.75, 3.05) is 32.9 Å². The quantitative estimate of drug-likeness (QED) is 0.272. The molecule has 25 heavy (non-hydrogen) atoms. The Morgan fingerprint density at radius 1 is 1.36 bits per heavy atom. The normalized spacial score (nSPS) is 15.2. The molecule has 0 amide bonds. The molecule has 0 unspecified atom stereocenters. The Morgan fingerprint density at radius 3 is 2.84 bits per heavy atom. The summed E-state index contributed by atoms with van der Waals surface area (Å²) in [6.07, 6.45) is 4.72. The van der Waals surface area contributed by atoms with Gasteiger partial charge in [-0.3, -0.25) is 4.99 Å². The number of nitrogens with zero attached hydrogens (tertiary/aromatic N) is 1. The molecular weight excluding hydrogens is 429 g/mol. The molecule has 0 radical (unpaired) electrons. The number of hydrogen-bond acceptors (Lipinski definition) is 3. The molecule has 0 bridgehead atoms. The van der Waals surface area contributed by atoms with Crippen molar-refractivity contribution in [1.82, 2.24) is 10.6 Å². The van der Waals surface area contributed by atoms with Crippen LogP contribution in [-0.4, -0.2) is 44.9 Å². The maximum Gasteiger partial charge on any atom is 0.191 e.